The first-order valence-electron chi connectivity index (χ1n) is 10.6. The lowest BCUT2D eigenvalue weighted by Crippen LogP contribution is -2.60. The fourth-order valence-electron chi connectivity index (χ4n) is 4.73. The number of hydrogen-bond donors (Lipinski definition) is 2. The van der Waals surface area contributed by atoms with Crippen LogP contribution in [0.5, 0.6) is 0 Å². The average Bonchev–Trinajstić information content (AvgIpc) is 3.13. The number of benzene rings is 1. The number of amides is 3. The van der Waals surface area contributed by atoms with E-state index in [1.54, 1.807) is 4.90 Å². The average molecular weight is 395 g/mol. The summed E-state index contributed by atoms with van der Waals surface area (Å²) in [5.74, 6) is 0.639. The summed E-state index contributed by atoms with van der Waals surface area (Å²) in [5.41, 5.74) is 5.45. The van der Waals surface area contributed by atoms with Crippen LogP contribution in [0.4, 0.5) is 10.5 Å². The van der Waals surface area contributed by atoms with Crippen LogP contribution in [-0.2, 0) is 4.79 Å². The Morgan fingerprint density at radius 1 is 1.14 bits per heavy atom. The first-order valence-corrected chi connectivity index (χ1v) is 10.6. The van der Waals surface area contributed by atoms with Gasteiger partial charge in [-0.2, -0.15) is 0 Å². The molecule has 1 saturated carbocycles. The van der Waals surface area contributed by atoms with Gasteiger partial charge in [0.2, 0.25) is 5.91 Å². The molecular weight excluding hydrogens is 368 g/mol. The highest BCUT2D eigenvalue weighted by Gasteiger charge is 2.42. The molecule has 0 spiro atoms. The Labute approximate surface area is 170 Å². The molecule has 1 aromatic rings. The van der Waals surface area contributed by atoms with Crippen molar-refractivity contribution in [3.05, 3.63) is 35.8 Å². The lowest BCUT2D eigenvalue weighted by molar-refractivity contribution is -0.124. The highest BCUT2D eigenvalue weighted by Crippen LogP contribution is 2.36. The lowest BCUT2D eigenvalue weighted by Gasteiger charge is -2.45. The third-order valence-electron chi connectivity index (χ3n) is 6.46. The molecule has 29 heavy (non-hydrogen) atoms. The SMILES string of the molecule is O=C1NC(C2CN(C(=O)Nc3ccccc3)C2)=NC2C1C[N-]N2C1CCCCC1. The molecule has 2 unspecified atom stereocenters. The minimum Gasteiger partial charge on any atom is -0.592 e. The number of nitrogens with one attached hydrogen (secondary N) is 2. The minimum absolute atomic E-state index is 0.0225. The van der Waals surface area contributed by atoms with Crippen molar-refractivity contribution < 1.29 is 9.59 Å². The van der Waals surface area contributed by atoms with Crippen molar-refractivity contribution >= 4 is 23.5 Å². The Morgan fingerprint density at radius 2 is 1.90 bits per heavy atom. The van der Waals surface area contributed by atoms with E-state index in [4.69, 9.17) is 4.99 Å². The fourth-order valence-corrected chi connectivity index (χ4v) is 4.73. The van der Waals surface area contributed by atoms with Crippen LogP contribution in [-0.4, -0.2) is 59.5 Å². The molecule has 2 saturated heterocycles. The molecule has 2 atom stereocenters. The molecule has 3 aliphatic heterocycles. The first-order chi connectivity index (χ1) is 14.2. The molecular formula is C21H27N6O2-. The Bertz CT molecular complexity index is 801. The van der Waals surface area contributed by atoms with Crippen molar-refractivity contribution in [2.45, 2.75) is 44.3 Å². The number of amidine groups is 1. The number of rotatable bonds is 3. The van der Waals surface area contributed by atoms with E-state index in [1.807, 2.05) is 30.3 Å². The van der Waals surface area contributed by atoms with Gasteiger partial charge in [0, 0.05) is 18.8 Å². The number of urea groups is 1. The molecule has 4 aliphatic rings. The number of nitrogens with zero attached hydrogens (tertiary/aromatic N) is 4. The number of aliphatic imine (C=N–C) groups is 1. The predicted molar refractivity (Wildman–Crippen MR) is 110 cm³/mol. The maximum absolute atomic E-state index is 12.6. The number of hydrogen-bond acceptors (Lipinski definition) is 4. The monoisotopic (exact) mass is 395 g/mol. The molecule has 0 aromatic heterocycles. The van der Waals surface area contributed by atoms with E-state index in [1.165, 1.54) is 19.3 Å². The van der Waals surface area contributed by atoms with Crippen LogP contribution in [0.25, 0.3) is 5.43 Å². The zero-order valence-corrected chi connectivity index (χ0v) is 16.5. The second-order valence-corrected chi connectivity index (χ2v) is 8.42. The van der Waals surface area contributed by atoms with Crippen molar-refractivity contribution in [2.75, 3.05) is 25.0 Å². The van der Waals surface area contributed by atoms with Crippen LogP contribution < -0.4 is 10.6 Å². The molecule has 0 bridgehead atoms. The van der Waals surface area contributed by atoms with Gasteiger partial charge in [-0.1, -0.05) is 37.5 Å². The highest BCUT2D eigenvalue weighted by atomic mass is 16.2. The van der Waals surface area contributed by atoms with Crippen LogP contribution in [0, 0.1) is 11.8 Å². The van der Waals surface area contributed by atoms with E-state index in [2.05, 4.69) is 21.1 Å². The number of para-hydroxylation sites is 1. The molecule has 154 valence electrons. The zero-order chi connectivity index (χ0) is 19.8. The van der Waals surface area contributed by atoms with E-state index in [0.29, 0.717) is 25.7 Å². The summed E-state index contributed by atoms with van der Waals surface area (Å²) in [5, 5.41) is 8.00. The zero-order valence-electron chi connectivity index (χ0n) is 16.5. The van der Waals surface area contributed by atoms with Crippen molar-refractivity contribution in [1.29, 1.82) is 0 Å². The van der Waals surface area contributed by atoms with Gasteiger partial charge in [-0.3, -0.25) is 9.79 Å². The first kappa shape index (κ1) is 18.6. The second-order valence-electron chi connectivity index (χ2n) is 8.42. The van der Waals surface area contributed by atoms with E-state index in [9.17, 15) is 9.59 Å². The van der Waals surface area contributed by atoms with Gasteiger partial charge in [0.1, 0.15) is 5.84 Å². The highest BCUT2D eigenvalue weighted by molar-refractivity contribution is 6.04. The van der Waals surface area contributed by atoms with Gasteiger partial charge in [0.15, 0.2) is 0 Å². The molecule has 3 fully saturated rings. The molecule has 8 nitrogen and oxygen atoms in total. The van der Waals surface area contributed by atoms with E-state index in [0.717, 1.165) is 24.4 Å². The number of carbonyl (C=O) groups excluding carboxylic acids is 2. The van der Waals surface area contributed by atoms with Crippen LogP contribution in [0.15, 0.2) is 35.3 Å². The summed E-state index contributed by atoms with van der Waals surface area (Å²) >= 11 is 0. The van der Waals surface area contributed by atoms with Crippen LogP contribution in [0.3, 0.4) is 0 Å². The van der Waals surface area contributed by atoms with Crippen molar-refractivity contribution in [3.8, 4) is 0 Å². The number of fused-ring (bicyclic) bond motifs is 1. The van der Waals surface area contributed by atoms with Gasteiger partial charge in [-0.25, -0.2) is 4.79 Å². The number of anilines is 1. The maximum Gasteiger partial charge on any atom is 0.321 e. The van der Waals surface area contributed by atoms with Crippen LogP contribution in [0.2, 0.25) is 0 Å². The van der Waals surface area contributed by atoms with Gasteiger partial charge >= 0.3 is 6.03 Å². The lowest BCUT2D eigenvalue weighted by atomic mass is 9.93. The van der Waals surface area contributed by atoms with Gasteiger partial charge < -0.3 is 26.0 Å². The summed E-state index contributed by atoms with van der Waals surface area (Å²) in [6.07, 6.45) is 5.84. The van der Waals surface area contributed by atoms with Gasteiger partial charge in [-0.15, -0.1) is 6.54 Å². The molecule has 3 amide bonds. The van der Waals surface area contributed by atoms with E-state index < -0.39 is 0 Å². The fraction of sp³-hybridized carbons (Fsp3) is 0.571. The third-order valence-corrected chi connectivity index (χ3v) is 6.46. The van der Waals surface area contributed by atoms with Gasteiger partial charge in [0.05, 0.1) is 18.0 Å². The van der Waals surface area contributed by atoms with Gasteiger partial charge in [-0.05, 0) is 31.0 Å². The molecule has 8 heteroatoms. The summed E-state index contributed by atoms with van der Waals surface area (Å²) < 4.78 is 0. The Kier molecular flexibility index (Phi) is 4.97. The van der Waals surface area contributed by atoms with E-state index >= 15 is 0 Å². The smallest absolute Gasteiger partial charge is 0.321 e. The van der Waals surface area contributed by atoms with Crippen LogP contribution in [0.1, 0.15) is 32.1 Å². The summed E-state index contributed by atoms with van der Waals surface area (Å²) in [7, 11) is 0. The molecule has 0 radical (unpaired) electrons. The van der Waals surface area contributed by atoms with Gasteiger partial charge in [0.25, 0.3) is 0 Å². The second kappa shape index (κ2) is 7.76. The Morgan fingerprint density at radius 3 is 2.66 bits per heavy atom. The number of likely N-dealkylation sites (tertiary alicyclic amines) is 1. The minimum atomic E-state index is -0.182. The number of carbonyl (C=O) groups is 2. The molecule has 1 aliphatic carbocycles. The van der Waals surface area contributed by atoms with Crippen LogP contribution >= 0.6 is 0 Å². The topological polar surface area (TPSA) is 91.1 Å². The predicted octanol–water partition coefficient (Wildman–Crippen LogP) is 2.56. The third kappa shape index (κ3) is 3.62. The molecule has 5 rings (SSSR count). The molecule has 2 N–H and O–H groups in total. The van der Waals surface area contributed by atoms with E-state index in [-0.39, 0.29) is 29.9 Å². The summed E-state index contributed by atoms with van der Waals surface area (Å²) in [6, 6.07) is 9.72. The van der Waals surface area contributed by atoms with Crippen molar-refractivity contribution in [2.24, 2.45) is 16.8 Å². The molecule has 3 heterocycles. The van der Waals surface area contributed by atoms with Crippen molar-refractivity contribution in [3.63, 3.8) is 0 Å². The maximum atomic E-state index is 12.6. The Balaban J connectivity index is 1.22. The largest absolute Gasteiger partial charge is 0.592 e. The standard InChI is InChI=1S/C21H27N6O2/c28-20-17-11-22-27(16-9-5-2-6-10-16)19(17)24-18(25-20)14-12-26(13-14)21(29)23-15-7-3-1-4-8-15/h1,3-4,7-8,14,16-17,19H,2,5-6,9-13H2,(H,23,29)(H,24,25,28)/q-1. The van der Waals surface area contributed by atoms with Crippen molar-refractivity contribution in [1.82, 2.24) is 15.2 Å². The normalized spacial score (nSPS) is 28.3. The summed E-state index contributed by atoms with van der Waals surface area (Å²) in [4.78, 5) is 31.7. The molecule has 1 aromatic carbocycles. The summed E-state index contributed by atoms with van der Waals surface area (Å²) in [6.45, 7) is 1.66. The Hall–Kier alpha value is -2.45. The quantitative estimate of drug-likeness (QED) is 0.824.